The molecule has 1 N–H and O–H groups in total. The molecule has 0 radical (unpaired) electrons. The highest BCUT2D eigenvalue weighted by Gasteiger charge is 2.33. The third-order valence-corrected chi connectivity index (χ3v) is 7.14. The minimum absolute atomic E-state index is 0.0459. The van der Waals surface area contributed by atoms with Gasteiger partial charge in [-0.2, -0.15) is 5.26 Å². The molecule has 4 aromatic rings. The van der Waals surface area contributed by atoms with Gasteiger partial charge in [0.25, 0.3) is 15.9 Å². The number of carbonyl (C=O) groups excluding carboxylic acids is 1. The van der Waals surface area contributed by atoms with Crippen molar-refractivity contribution in [3.63, 3.8) is 0 Å². The molecule has 40 heavy (non-hydrogen) atoms. The third kappa shape index (κ3) is 6.98. The lowest BCUT2D eigenvalue weighted by Gasteiger charge is -2.24. The summed E-state index contributed by atoms with van der Waals surface area (Å²) >= 11 is 0. The van der Waals surface area contributed by atoms with Crippen LogP contribution in [0.15, 0.2) is 108 Å². The van der Waals surface area contributed by atoms with Gasteiger partial charge in [-0.25, -0.2) is 13.1 Å². The zero-order valence-electron chi connectivity index (χ0n) is 20.8. The number of hydrogen-bond donors (Lipinski definition) is 1. The molecular weight excluding hydrogens is 543 g/mol. The van der Waals surface area contributed by atoms with E-state index in [1.54, 1.807) is 60.7 Å². The molecule has 0 aliphatic rings. The molecule has 0 saturated carbocycles. The van der Waals surface area contributed by atoms with Crippen molar-refractivity contribution in [3.05, 3.63) is 120 Å². The maximum Gasteiger partial charge on any atom is 0.573 e. The van der Waals surface area contributed by atoms with E-state index in [-0.39, 0.29) is 23.5 Å². The van der Waals surface area contributed by atoms with Gasteiger partial charge in [-0.05, 0) is 34.9 Å². The van der Waals surface area contributed by atoms with Gasteiger partial charge < -0.3 is 9.64 Å². The number of rotatable bonds is 9. The molecule has 0 fully saturated rings. The molecule has 0 aliphatic heterocycles. The number of amides is 1. The number of benzene rings is 4. The first kappa shape index (κ1) is 28.2. The normalized spacial score (nSPS) is 11.3. The Morgan fingerprint density at radius 3 is 2.05 bits per heavy atom. The van der Waals surface area contributed by atoms with E-state index in [0.717, 1.165) is 11.6 Å². The average molecular weight is 566 g/mol. The second-order valence-electron chi connectivity index (χ2n) is 8.60. The topological polar surface area (TPSA) is 99.5 Å². The molecule has 204 valence electrons. The predicted molar refractivity (Wildman–Crippen MR) is 141 cm³/mol. The smallest absolute Gasteiger partial charge is 0.405 e. The molecular formula is C29H22F3N3O4S. The second-order valence-corrected chi connectivity index (χ2v) is 10.3. The standard InChI is InChI=1S/C29H22F3N3O4S/c30-29(31,32)39-26-12-6-4-11-25(26)28(36)35(18-21-8-2-1-3-9-21)19-22-14-16-23(17-15-22)24-10-5-7-13-27(24)40(37,38)34-20-33/h1-17,34H,18-19H2. The van der Waals surface area contributed by atoms with Crippen molar-refractivity contribution in [2.75, 3.05) is 0 Å². The number of alkyl halides is 3. The molecule has 0 aliphatic carbocycles. The Bertz CT molecular complexity index is 1640. The summed E-state index contributed by atoms with van der Waals surface area (Å²) in [5.74, 6) is -1.26. The van der Waals surface area contributed by atoms with Crippen LogP contribution < -0.4 is 9.46 Å². The van der Waals surface area contributed by atoms with E-state index in [0.29, 0.717) is 16.7 Å². The number of halogens is 3. The first-order valence-electron chi connectivity index (χ1n) is 11.8. The van der Waals surface area contributed by atoms with Gasteiger partial charge in [-0.15, -0.1) is 13.2 Å². The van der Waals surface area contributed by atoms with Gasteiger partial charge in [0.15, 0.2) is 6.19 Å². The van der Waals surface area contributed by atoms with Crippen molar-refractivity contribution in [3.8, 4) is 23.1 Å². The second kappa shape index (κ2) is 11.9. The van der Waals surface area contributed by atoms with Crippen LogP contribution in [0.4, 0.5) is 13.2 Å². The molecule has 4 aromatic carbocycles. The Labute approximate surface area is 229 Å². The molecule has 0 aromatic heterocycles. The van der Waals surface area contributed by atoms with Crippen molar-refractivity contribution in [1.82, 2.24) is 9.62 Å². The van der Waals surface area contributed by atoms with Gasteiger partial charge in [0.2, 0.25) is 0 Å². The van der Waals surface area contributed by atoms with Gasteiger partial charge >= 0.3 is 6.36 Å². The van der Waals surface area contributed by atoms with Crippen molar-refractivity contribution >= 4 is 15.9 Å². The number of sulfonamides is 1. The highest BCUT2D eigenvalue weighted by Crippen LogP contribution is 2.30. The summed E-state index contributed by atoms with van der Waals surface area (Å²) in [5, 5.41) is 8.81. The average Bonchev–Trinajstić information content (AvgIpc) is 2.93. The summed E-state index contributed by atoms with van der Waals surface area (Å²) in [5.41, 5.74) is 2.10. The van der Waals surface area contributed by atoms with Crippen molar-refractivity contribution in [2.24, 2.45) is 0 Å². The number of nitriles is 1. The van der Waals surface area contributed by atoms with Crippen LogP contribution in [0, 0.1) is 11.5 Å². The van der Waals surface area contributed by atoms with Gasteiger partial charge in [0.05, 0.1) is 10.5 Å². The lowest BCUT2D eigenvalue weighted by Crippen LogP contribution is -2.31. The van der Waals surface area contributed by atoms with Crippen LogP contribution in [0.1, 0.15) is 21.5 Å². The number of ether oxygens (including phenoxy) is 1. The number of nitrogens with one attached hydrogen (secondary N) is 1. The minimum atomic E-state index is -4.97. The third-order valence-electron chi connectivity index (χ3n) is 5.84. The maximum absolute atomic E-state index is 13.5. The predicted octanol–water partition coefficient (Wildman–Crippen LogP) is 5.85. The molecule has 0 heterocycles. The number of para-hydroxylation sites is 1. The number of nitrogens with zero attached hydrogens (tertiary/aromatic N) is 2. The molecule has 1 amide bonds. The molecule has 0 spiro atoms. The Kier molecular flexibility index (Phi) is 8.40. The Morgan fingerprint density at radius 1 is 0.825 bits per heavy atom. The fourth-order valence-electron chi connectivity index (χ4n) is 4.10. The lowest BCUT2D eigenvalue weighted by molar-refractivity contribution is -0.274. The van der Waals surface area contributed by atoms with Crippen LogP contribution in [0.5, 0.6) is 5.75 Å². The van der Waals surface area contributed by atoms with E-state index in [9.17, 15) is 26.4 Å². The number of carbonyl (C=O) groups is 1. The summed E-state index contributed by atoms with van der Waals surface area (Å²) in [7, 11) is -4.07. The van der Waals surface area contributed by atoms with E-state index in [2.05, 4.69) is 4.74 Å². The summed E-state index contributed by atoms with van der Waals surface area (Å²) in [6.45, 7) is 0.160. The molecule has 7 nitrogen and oxygen atoms in total. The quantitative estimate of drug-likeness (QED) is 0.203. The highest BCUT2D eigenvalue weighted by molar-refractivity contribution is 7.89. The van der Waals surface area contributed by atoms with Crippen LogP contribution in [-0.2, 0) is 23.1 Å². The van der Waals surface area contributed by atoms with Gasteiger partial charge in [0, 0.05) is 18.7 Å². The molecule has 4 rings (SSSR count). The fraction of sp³-hybridized carbons (Fsp3) is 0.103. The van der Waals surface area contributed by atoms with E-state index in [4.69, 9.17) is 5.26 Å². The summed E-state index contributed by atoms with van der Waals surface area (Å²) in [4.78, 5) is 14.9. The first-order valence-corrected chi connectivity index (χ1v) is 13.3. The number of hydrogen-bond acceptors (Lipinski definition) is 5. The molecule has 0 saturated heterocycles. The van der Waals surface area contributed by atoms with Crippen LogP contribution in [-0.4, -0.2) is 25.6 Å². The fourth-order valence-corrected chi connectivity index (χ4v) is 5.06. The monoisotopic (exact) mass is 565 g/mol. The molecule has 0 atom stereocenters. The highest BCUT2D eigenvalue weighted by atomic mass is 32.2. The van der Waals surface area contributed by atoms with Crippen molar-refractivity contribution in [1.29, 1.82) is 5.26 Å². The Balaban J connectivity index is 1.66. The molecule has 11 heteroatoms. The first-order chi connectivity index (χ1) is 19.1. The van der Waals surface area contributed by atoms with E-state index in [1.165, 1.54) is 41.4 Å². The van der Waals surface area contributed by atoms with Crippen LogP contribution >= 0.6 is 0 Å². The van der Waals surface area contributed by atoms with Crippen LogP contribution in [0.2, 0.25) is 0 Å². The van der Waals surface area contributed by atoms with E-state index in [1.807, 2.05) is 10.8 Å². The summed E-state index contributed by atoms with van der Waals surface area (Å²) in [6.07, 6.45) is -3.54. The van der Waals surface area contributed by atoms with Crippen molar-refractivity contribution in [2.45, 2.75) is 24.3 Å². The lowest BCUT2D eigenvalue weighted by atomic mass is 10.0. The minimum Gasteiger partial charge on any atom is -0.405 e. The van der Waals surface area contributed by atoms with Crippen LogP contribution in [0.25, 0.3) is 11.1 Å². The summed E-state index contributed by atoms with van der Waals surface area (Å²) < 4.78 is 69.9. The zero-order valence-corrected chi connectivity index (χ0v) is 21.6. The van der Waals surface area contributed by atoms with Crippen LogP contribution in [0.3, 0.4) is 0 Å². The van der Waals surface area contributed by atoms with Gasteiger partial charge in [-0.1, -0.05) is 84.9 Å². The molecule has 0 unspecified atom stereocenters. The van der Waals surface area contributed by atoms with E-state index >= 15 is 0 Å². The van der Waals surface area contributed by atoms with Crippen molar-refractivity contribution < 1.29 is 31.1 Å². The maximum atomic E-state index is 13.5. The SMILES string of the molecule is N#CNS(=O)(=O)c1ccccc1-c1ccc(CN(Cc2ccccc2)C(=O)c2ccccc2OC(F)(F)F)cc1. The zero-order chi connectivity index (χ0) is 28.8. The van der Waals surface area contributed by atoms with Gasteiger partial charge in [0.1, 0.15) is 5.75 Å². The molecule has 0 bridgehead atoms. The van der Waals surface area contributed by atoms with Gasteiger partial charge in [-0.3, -0.25) is 4.79 Å². The largest absolute Gasteiger partial charge is 0.573 e. The summed E-state index contributed by atoms with van der Waals surface area (Å²) in [6, 6.07) is 27.1. The Morgan fingerprint density at radius 2 is 1.40 bits per heavy atom. The Hall–Kier alpha value is -4.82. The van der Waals surface area contributed by atoms with E-state index < -0.39 is 28.0 Å².